The van der Waals surface area contributed by atoms with E-state index in [1.807, 2.05) is 0 Å². The molecule has 41 heavy (non-hydrogen) atoms. The quantitative estimate of drug-likeness (QED) is 0.130. The zero-order valence-corrected chi connectivity index (χ0v) is 25.5. The van der Waals surface area contributed by atoms with Crippen molar-refractivity contribution in [2.75, 3.05) is 20.3 Å². The second-order valence-electron chi connectivity index (χ2n) is 13.0. The number of methoxy groups -OCH3 is 1. The summed E-state index contributed by atoms with van der Waals surface area (Å²) >= 11 is 0. The second-order valence-corrected chi connectivity index (χ2v) is 13.0. The number of fused-ring (bicyclic) bond motifs is 1. The average molecular weight is 575 g/mol. The average Bonchev–Trinajstić information content (AvgIpc) is 3.70. The molecule has 0 N–H and O–H groups in total. The van der Waals surface area contributed by atoms with Crippen molar-refractivity contribution in [2.24, 2.45) is 23.7 Å². The van der Waals surface area contributed by atoms with Gasteiger partial charge in [-0.2, -0.15) is 0 Å². The van der Waals surface area contributed by atoms with Crippen LogP contribution in [0.25, 0.3) is 0 Å². The molecule has 0 aromatic carbocycles. The maximum absolute atomic E-state index is 11.5. The van der Waals surface area contributed by atoms with Gasteiger partial charge in [-0.1, -0.05) is 38.3 Å². The van der Waals surface area contributed by atoms with Crippen LogP contribution in [0.4, 0.5) is 0 Å². The molecular formula is C34H54O7. The van der Waals surface area contributed by atoms with Crippen LogP contribution >= 0.6 is 0 Å². The van der Waals surface area contributed by atoms with Gasteiger partial charge in [0, 0.05) is 44.3 Å². The molecule has 0 aromatic rings. The van der Waals surface area contributed by atoms with E-state index in [1.165, 1.54) is 45.6 Å². The van der Waals surface area contributed by atoms with E-state index < -0.39 is 0 Å². The lowest BCUT2D eigenvalue weighted by atomic mass is 9.89. The highest BCUT2D eigenvalue weighted by Gasteiger charge is 2.49. The summed E-state index contributed by atoms with van der Waals surface area (Å²) < 4.78 is 36.6. The Morgan fingerprint density at radius 3 is 2.56 bits per heavy atom. The lowest BCUT2D eigenvalue weighted by Crippen LogP contribution is -2.32. The minimum absolute atomic E-state index is 0.0845. The normalized spacial score (nSPS) is 37.4. The predicted molar refractivity (Wildman–Crippen MR) is 157 cm³/mol. The molecule has 4 unspecified atom stereocenters. The monoisotopic (exact) mass is 574 g/mol. The number of ether oxygens (including phenoxy) is 6. The Hall–Kier alpha value is -1.41. The molecule has 9 atom stereocenters. The molecule has 0 amide bonds. The van der Waals surface area contributed by atoms with Crippen molar-refractivity contribution in [1.29, 1.82) is 0 Å². The van der Waals surface area contributed by atoms with Gasteiger partial charge < -0.3 is 28.4 Å². The Balaban J connectivity index is 1.27. The first-order valence-electron chi connectivity index (χ1n) is 16.8. The van der Waals surface area contributed by atoms with Crippen LogP contribution in [-0.4, -0.2) is 57.2 Å². The van der Waals surface area contributed by atoms with E-state index in [-0.39, 0.29) is 42.8 Å². The van der Waals surface area contributed by atoms with Crippen molar-refractivity contribution in [1.82, 2.24) is 0 Å². The minimum Gasteiger partial charge on any atom is -0.495 e. The van der Waals surface area contributed by atoms with E-state index in [0.717, 1.165) is 82.7 Å². The smallest absolute Gasteiger partial charge is 0.305 e. The fraction of sp³-hybridized carbons (Fsp3) is 0.853. The highest BCUT2D eigenvalue weighted by atomic mass is 16.7. The van der Waals surface area contributed by atoms with Crippen molar-refractivity contribution in [2.45, 2.75) is 141 Å². The molecule has 0 radical (unpaired) electrons. The largest absolute Gasteiger partial charge is 0.495 e. The van der Waals surface area contributed by atoms with Crippen LogP contribution in [0, 0.1) is 23.7 Å². The lowest BCUT2D eigenvalue weighted by molar-refractivity contribution is -0.194. The summed E-state index contributed by atoms with van der Waals surface area (Å²) in [6.07, 6.45) is 23.9. The molecule has 2 aliphatic carbocycles. The summed E-state index contributed by atoms with van der Waals surface area (Å²) in [5.41, 5.74) is 0. The number of carbonyl (C=O) groups is 1. The van der Waals surface area contributed by atoms with E-state index in [1.54, 1.807) is 0 Å². The Morgan fingerprint density at radius 1 is 1.02 bits per heavy atom. The highest BCUT2D eigenvalue weighted by molar-refractivity contribution is 5.69. The number of unbranched alkanes of at least 4 members (excludes halogenated alkanes) is 1. The van der Waals surface area contributed by atoms with Crippen molar-refractivity contribution in [3.05, 3.63) is 24.0 Å². The zero-order valence-electron chi connectivity index (χ0n) is 25.5. The molecule has 7 heteroatoms. The molecule has 7 nitrogen and oxygen atoms in total. The highest BCUT2D eigenvalue weighted by Crippen LogP contribution is 2.48. The van der Waals surface area contributed by atoms with E-state index >= 15 is 0 Å². The molecule has 3 aliphatic heterocycles. The molecule has 0 aromatic heterocycles. The van der Waals surface area contributed by atoms with Gasteiger partial charge in [-0.05, 0) is 82.1 Å². The van der Waals surface area contributed by atoms with E-state index in [0.29, 0.717) is 18.3 Å². The SMILES string of the molecule is CCCC1CCC([C@@H](C=C[C@@H]2[C@H]3CC(=CCCCC(=O)OC)O[C@@H]3C[C@H]2OC2CCCCO2)OC2CCCCO2)C1. The van der Waals surface area contributed by atoms with Gasteiger partial charge >= 0.3 is 5.97 Å². The molecule has 0 spiro atoms. The first-order chi connectivity index (χ1) is 20.1. The van der Waals surface area contributed by atoms with Crippen molar-refractivity contribution < 1.29 is 33.2 Å². The molecule has 5 fully saturated rings. The molecule has 3 heterocycles. The molecule has 232 valence electrons. The topological polar surface area (TPSA) is 72.5 Å². The predicted octanol–water partition coefficient (Wildman–Crippen LogP) is 7.23. The van der Waals surface area contributed by atoms with Crippen LogP contribution in [0.15, 0.2) is 24.0 Å². The number of hydrogen-bond donors (Lipinski definition) is 0. The number of rotatable bonds is 13. The van der Waals surface area contributed by atoms with Crippen molar-refractivity contribution in [3.63, 3.8) is 0 Å². The van der Waals surface area contributed by atoms with E-state index in [9.17, 15) is 4.79 Å². The Morgan fingerprint density at radius 2 is 1.83 bits per heavy atom. The number of carbonyl (C=O) groups excluding carboxylic acids is 1. The Bertz CT molecular complexity index is 859. The maximum Gasteiger partial charge on any atom is 0.305 e. The van der Waals surface area contributed by atoms with Gasteiger partial charge in [-0.15, -0.1) is 0 Å². The van der Waals surface area contributed by atoms with Crippen LogP contribution in [0.5, 0.6) is 0 Å². The Kier molecular flexibility index (Phi) is 12.0. The van der Waals surface area contributed by atoms with Gasteiger partial charge in [0.2, 0.25) is 0 Å². The second kappa shape index (κ2) is 15.9. The van der Waals surface area contributed by atoms with Crippen molar-refractivity contribution in [3.8, 4) is 0 Å². The summed E-state index contributed by atoms with van der Waals surface area (Å²) in [5.74, 6) is 2.94. The number of esters is 1. The molecular weight excluding hydrogens is 520 g/mol. The first kappa shape index (κ1) is 31.0. The maximum atomic E-state index is 11.5. The van der Waals surface area contributed by atoms with Gasteiger partial charge in [-0.3, -0.25) is 4.79 Å². The van der Waals surface area contributed by atoms with Gasteiger partial charge in [0.05, 0.1) is 25.1 Å². The third kappa shape index (κ3) is 8.81. The first-order valence-corrected chi connectivity index (χ1v) is 16.8. The van der Waals surface area contributed by atoms with Crippen LogP contribution in [0.1, 0.15) is 110 Å². The number of hydrogen-bond acceptors (Lipinski definition) is 7. The van der Waals surface area contributed by atoms with Crippen LogP contribution in [-0.2, 0) is 33.2 Å². The molecule has 0 bridgehead atoms. The third-order valence-corrected chi connectivity index (χ3v) is 9.97. The van der Waals surface area contributed by atoms with Crippen LogP contribution < -0.4 is 0 Å². The van der Waals surface area contributed by atoms with Gasteiger partial charge in [0.15, 0.2) is 12.6 Å². The fourth-order valence-electron chi connectivity index (χ4n) is 7.76. The standard InChI is InChI=1S/C34H54O7/c1-3-10-24-15-16-25(21-24)29(40-33-13-6-8-19-37-33)18-17-27-28-22-26(11-4-5-12-32(35)36-2)39-31(28)23-30(27)41-34-14-7-9-20-38-34/h11,17-18,24-25,27-31,33-34H,3-10,12-16,19-23H2,1-2H3/t24?,25?,27-,28-,29-,30-,31-,33?,34?/m1/s1. The minimum atomic E-state index is -0.151. The van der Waals surface area contributed by atoms with Gasteiger partial charge in [-0.25, -0.2) is 0 Å². The number of allylic oxidation sites excluding steroid dienone is 2. The fourth-order valence-corrected chi connectivity index (χ4v) is 7.76. The van der Waals surface area contributed by atoms with Gasteiger partial charge in [0.25, 0.3) is 0 Å². The van der Waals surface area contributed by atoms with E-state index in [4.69, 9.17) is 28.4 Å². The van der Waals surface area contributed by atoms with Gasteiger partial charge in [0.1, 0.15) is 6.10 Å². The molecule has 5 aliphatic rings. The van der Waals surface area contributed by atoms with Crippen LogP contribution in [0.2, 0.25) is 0 Å². The lowest BCUT2D eigenvalue weighted by Gasteiger charge is -2.31. The summed E-state index contributed by atoms with van der Waals surface area (Å²) in [6, 6.07) is 0. The van der Waals surface area contributed by atoms with Crippen molar-refractivity contribution >= 4 is 5.97 Å². The summed E-state index contributed by atoms with van der Waals surface area (Å²) in [6.45, 7) is 3.90. The third-order valence-electron chi connectivity index (χ3n) is 9.97. The molecule has 5 rings (SSSR count). The Labute approximate surface area is 247 Å². The molecule has 3 saturated heterocycles. The summed E-state index contributed by atoms with van der Waals surface area (Å²) in [5, 5.41) is 0. The summed E-state index contributed by atoms with van der Waals surface area (Å²) in [4.78, 5) is 11.5. The molecule has 2 saturated carbocycles. The van der Waals surface area contributed by atoms with Crippen LogP contribution in [0.3, 0.4) is 0 Å². The summed E-state index contributed by atoms with van der Waals surface area (Å²) in [7, 11) is 1.45. The van der Waals surface area contributed by atoms with E-state index in [2.05, 4.69) is 25.2 Å². The zero-order chi connectivity index (χ0) is 28.4.